The second kappa shape index (κ2) is 7.04. The van der Waals surface area contributed by atoms with Crippen LogP contribution in [0.1, 0.15) is 40.0 Å². The summed E-state index contributed by atoms with van der Waals surface area (Å²) in [5.74, 6) is 0.228. The molecular formula is C10H22N2O. The topological polar surface area (TPSA) is 55.1 Å². The summed E-state index contributed by atoms with van der Waals surface area (Å²) in [6, 6.07) is 0.387. The first-order valence-corrected chi connectivity index (χ1v) is 5.04. The number of ketones is 1. The molecule has 0 aromatic rings. The van der Waals surface area contributed by atoms with Gasteiger partial charge in [-0.1, -0.05) is 20.3 Å². The predicted molar refractivity (Wildman–Crippen MR) is 55.6 cm³/mol. The van der Waals surface area contributed by atoms with E-state index >= 15 is 0 Å². The smallest absolute Gasteiger partial charge is 0.146 e. The minimum atomic E-state index is 0.0200. The first-order valence-electron chi connectivity index (χ1n) is 5.04. The van der Waals surface area contributed by atoms with E-state index in [4.69, 9.17) is 5.73 Å². The van der Waals surface area contributed by atoms with E-state index in [1.807, 2.05) is 0 Å². The maximum atomic E-state index is 11.2. The Kier molecular flexibility index (Phi) is 6.82. The van der Waals surface area contributed by atoms with Crippen LogP contribution in [0.4, 0.5) is 0 Å². The van der Waals surface area contributed by atoms with E-state index in [0.717, 1.165) is 19.3 Å². The van der Waals surface area contributed by atoms with Crippen molar-refractivity contribution >= 4 is 5.78 Å². The Hall–Kier alpha value is -0.410. The lowest BCUT2D eigenvalue weighted by Crippen LogP contribution is -2.39. The zero-order chi connectivity index (χ0) is 10.3. The monoisotopic (exact) mass is 186 g/mol. The molecule has 13 heavy (non-hydrogen) atoms. The van der Waals surface area contributed by atoms with Gasteiger partial charge in [-0.3, -0.25) is 4.79 Å². The Balaban J connectivity index is 3.74. The van der Waals surface area contributed by atoms with E-state index in [1.165, 1.54) is 0 Å². The molecule has 0 aromatic heterocycles. The zero-order valence-corrected chi connectivity index (χ0v) is 8.97. The highest BCUT2D eigenvalue weighted by Crippen LogP contribution is 2.02. The molecule has 0 heterocycles. The molecule has 0 saturated heterocycles. The molecule has 3 heteroatoms. The Bertz CT molecular complexity index is 146. The third kappa shape index (κ3) is 6.72. The lowest BCUT2D eigenvalue weighted by Gasteiger charge is -2.18. The average Bonchev–Trinajstić information content (AvgIpc) is 2.02. The van der Waals surface area contributed by atoms with Gasteiger partial charge in [-0.05, 0) is 26.3 Å². The summed E-state index contributed by atoms with van der Waals surface area (Å²) < 4.78 is 0. The van der Waals surface area contributed by atoms with Crippen LogP contribution in [-0.2, 0) is 4.79 Å². The second-order valence-corrected chi connectivity index (χ2v) is 3.77. The Morgan fingerprint density at radius 1 is 1.38 bits per heavy atom. The molecule has 3 N–H and O–H groups in total. The predicted octanol–water partition coefficient (Wildman–Crippen LogP) is 1.07. The summed E-state index contributed by atoms with van der Waals surface area (Å²) in [6.07, 6.45) is 2.94. The first-order chi connectivity index (χ1) is 6.07. The molecule has 0 aromatic carbocycles. The van der Waals surface area contributed by atoms with E-state index in [1.54, 1.807) is 6.92 Å². The molecule has 78 valence electrons. The molecule has 1 atom stereocenters. The lowest BCUT2D eigenvalue weighted by atomic mass is 10.1. The standard InChI is InChI=1S/C10H22N2O/c1-8(2)12-10(9(3)13)6-4-5-7-11/h8,10,12H,4-7,11H2,1-3H3/t10-/m0/s1. The van der Waals surface area contributed by atoms with Gasteiger partial charge >= 0.3 is 0 Å². The molecule has 0 bridgehead atoms. The van der Waals surface area contributed by atoms with E-state index in [2.05, 4.69) is 19.2 Å². The first kappa shape index (κ1) is 12.6. The number of Topliss-reactive ketones (excluding diaryl/α,β-unsaturated/α-hetero) is 1. The van der Waals surface area contributed by atoms with Gasteiger partial charge < -0.3 is 11.1 Å². The van der Waals surface area contributed by atoms with Gasteiger partial charge in [0.1, 0.15) is 5.78 Å². The molecule has 0 aliphatic carbocycles. The highest BCUT2D eigenvalue weighted by Gasteiger charge is 2.13. The molecule has 0 radical (unpaired) electrons. The molecule has 0 saturated carbocycles. The third-order valence-corrected chi connectivity index (χ3v) is 1.97. The van der Waals surface area contributed by atoms with Crippen LogP contribution in [0.5, 0.6) is 0 Å². The highest BCUT2D eigenvalue weighted by atomic mass is 16.1. The van der Waals surface area contributed by atoms with Gasteiger partial charge in [-0.2, -0.15) is 0 Å². The van der Waals surface area contributed by atoms with Crippen molar-refractivity contribution in [2.75, 3.05) is 6.54 Å². The largest absolute Gasteiger partial charge is 0.330 e. The van der Waals surface area contributed by atoms with E-state index < -0.39 is 0 Å². The minimum Gasteiger partial charge on any atom is -0.330 e. The SMILES string of the molecule is CC(=O)[C@H](CCCCN)NC(C)C. The van der Waals surface area contributed by atoms with Gasteiger partial charge in [0.25, 0.3) is 0 Å². The third-order valence-electron chi connectivity index (χ3n) is 1.97. The summed E-state index contributed by atoms with van der Waals surface area (Å²) in [6.45, 7) is 6.46. The maximum Gasteiger partial charge on any atom is 0.146 e. The van der Waals surface area contributed by atoms with Crippen LogP contribution in [0.3, 0.4) is 0 Å². The van der Waals surface area contributed by atoms with Crippen LogP contribution >= 0.6 is 0 Å². The van der Waals surface area contributed by atoms with Crippen LogP contribution < -0.4 is 11.1 Å². The van der Waals surface area contributed by atoms with Crippen molar-refractivity contribution in [1.29, 1.82) is 0 Å². The molecule has 0 unspecified atom stereocenters. The average molecular weight is 186 g/mol. The molecular weight excluding hydrogens is 164 g/mol. The summed E-state index contributed by atoms with van der Waals surface area (Å²) in [7, 11) is 0. The van der Waals surface area contributed by atoms with Crippen LogP contribution in [0.25, 0.3) is 0 Å². The zero-order valence-electron chi connectivity index (χ0n) is 8.97. The fourth-order valence-electron chi connectivity index (χ4n) is 1.30. The maximum absolute atomic E-state index is 11.2. The van der Waals surface area contributed by atoms with E-state index in [9.17, 15) is 4.79 Å². The van der Waals surface area contributed by atoms with Crippen molar-refractivity contribution < 1.29 is 4.79 Å². The summed E-state index contributed by atoms with van der Waals surface area (Å²) in [5.41, 5.74) is 5.39. The van der Waals surface area contributed by atoms with Gasteiger partial charge in [0.05, 0.1) is 6.04 Å². The van der Waals surface area contributed by atoms with Crippen molar-refractivity contribution in [2.24, 2.45) is 5.73 Å². The van der Waals surface area contributed by atoms with Crippen molar-refractivity contribution in [3.05, 3.63) is 0 Å². The summed E-state index contributed by atoms with van der Waals surface area (Å²) in [4.78, 5) is 11.2. The van der Waals surface area contributed by atoms with Crippen LogP contribution in [-0.4, -0.2) is 24.4 Å². The quantitative estimate of drug-likeness (QED) is 0.585. The molecule has 0 amide bonds. The fraction of sp³-hybridized carbons (Fsp3) is 0.900. The Labute approximate surface area is 81.1 Å². The van der Waals surface area contributed by atoms with Crippen molar-refractivity contribution in [3.63, 3.8) is 0 Å². The minimum absolute atomic E-state index is 0.0200. The number of hydrogen-bond acceptors (Lipinski definition) is 3. The fourth-order valence-corrected chi connectivity index (χ4v) is 1.30. The number of nitrogens with two attached hydrogens (primary N) is 1. The normalized spacial score (nSPS) is 13.3. The van der Waals surface area contributed by atoms with Crippen LogP contribution in [0.2, 0.25) is 0 Å². The lowest BCUT2D eigenvalue weighted by molar-refractivity contribution is -0.119. The van der Waals surface area contributed by atoms with Crippen molar-refractivity contribution in [1.82, 2.24) is 5.32 Å². The summed E-state index contributed by atoms with van der Waals surface area (Å²) >= 11 is 0. The van der Waals surface area contributed by atoms with E-state index in [-0.39, 0.29) is 11.8 Å². The van der Waals surface area contributed by atoms with Gasteiger partial charge in [-0.15, -0.1) is 0 Å². The second-order valence-electron chi connectivity index (χ2n) is 3.77. The molecule has 0 aliphatic heterocycles. The van der Waals surface area contributed by atoms with Crippen LogP contribution in [0, 0.1) is 0 Å². The molecule has 0 fully saturated rings. The molecule has 3 nitrogen and oxygen atoms in total. The van der Waals surface area contributed by atoms with Gasteiger partial charge in [0, 0.05) is 6.04 Å². The molecule has 0 rings (SSSR count). The van der Waals surface area contributed by atoms with Gasteiger partial charge in [0.2, 0.25) is 0 Å². The summed E-state index contributed by atoms with van der Waals surface area (Å²) in [5, 5.41) is 3.25. The number of carbonyl (C=O) groups is 1. The Morgan fingerprint density at radius 3 is 2.38 bits per heavy atom. The van der Waals surface area contributed by atoms with E-state index in [0.29, 0.717) is 12.6 Å². The van der Waals surface area contributed by atoms with Gasteiger partial charge in [0.15, 0.2) is 0 Å². The number of nitrogens with one attached hydrogen (secondary N) is 1. The van der Waals surface area contributed by atoms with Gasteiger partial charge in [-0.25, -0.2) is 0 Å². The number of carbonyl (C=O) groups excluding carboxylic acids is 1. The van der Waals surface area contributed by atoms with Crippen LogP contribution in [0.15, 0.2) is 0 Å². The molecule has 0 spiro atoms. The number of rotatable bonds is 7. The molecule has 0 aliphatic rings. The number of hydrogen-bond donors (Lipinski definition) is 2. The Morgan fingerprint density at radius 2 is 2.00 bits per heavy atom. The highest BCUT2D eigenvalue weighted by molar-refractivity contribution is 5.81. The number of unbranched alkanes of at least 4 members (excludes halogenated alkanes) is 1. The van der Waals surface area contributed by atoms with Crippen molar-refractivity contribution in [2.45, 2.75) is 52.1 Å². The van der Waals surface area contributed by atoms with Crippen molar-refractivity contribution in [3.8, 4) is 0 Å².